The van der Waals surface area contributed by atoms with Gasteiger partial charge < -0.3 is 10.2 Å². The van der Waals surface area contributed by atoms with Gasteiger partial charge in [0.05, 0.1) is 5.69 Å². The van der Waals surface area contributed by atoms with Crippen LogP contribution < -0.4 is 10.2 Å². The van der Waals surface area contributed by atoms with Gasteiger partial charge in [0.2, 0.25) is 0 Å². The van der Waals surface area contributed by atoms with Gasteiger partial charge >= 0.3 is 0 Å². The normalized spacial score (nSPS) is 14.6. The highest BCUT2D eigenvalue weighted by atomic mass is 79.9. The molecule has 21 heavy (non-hydrogen) atoms. The summed E-state index contributed by atoms with van der Waals surface area (Å²) in [4.78, 5) is 5.18. The largest absolute Gasteiger partial charge is 0.368 e. The Bertz CT molecular complexity index is 583. The first kappa shape index (κ1) is 16.4. The summed E-state index contributed by atoms with van der Waals surface area (Å²) in [5.41, 5.74) is 2.70. The van der Waals surface area contributed by atoms with Crippen LogP contribution in [0.4, 0.5) is 5.69 Å². The van der Waals surface area contributed by atoms with Crippen molar-refractivity contribution < 1.29 is 0 Å². The maximum Gasteiger partial charge on any atom is 0.0508 e. The fraction of sp³-hybridized carbons (Fsp3) is 0.294. The van der Waals surface area contributed by atoms with Crippen LogP contribution in [-0.4, -0.2) is 26.2 Å². The molecule has 1 saturated heterocycles. The van der Waals surface area contributed by atoms with E-state index in [0.717, 1.165) is 26.2 Å². The summed E-state index contributed by atoms with van der Waals surface area (Å²) in [5.74, 6) is 0. The first-order valence-corrected chi connectivity index (χ1v) is 7.94. The third kappa shape index (κ3) is 4.02. The fourth-order valence-corrected chi connectivity index (χ4v) is 3.56. The van der Waals surface area contributed by atoms with Crippen molar-refractivity contribution in [3.05, 3.63) is 54.1 Å². The first-order chi connectivity index (χ1) is 9.84. The predicted molar refractivity (Wildman–Crippen MR) is 97.1 cm³/mol. The number of halogens is 1. The number of nitrogens with one attached hydrogen (secondary N) is 1. The number of nitrogens with zero attached hydrogens (tertiary/aromatic N) is 1. The lowest BCUT2D eigenvalue weighted by atomic mass is 10.2. The first-order valence-electron chi connectivity index (χ1n) is 7.13. The Morgan fingerprint density at radius 3 is 2.24 bits per heavy atom. The number of aryl methyl sites for hydroxylation is 1. The number of rotatable bonds is 3. The molecule has 1 aliphatic rings. The molecule has 1 heterocycles. The molecule has 0 radical (unpaired) electrons. The van der Waals surface area contributed by atoms with Gasteiger partial charge in [-0.2, -0.15) is 0 Å². The van der Waals surface area contributed by atoms with Crippen LogP contribution in [0.5, 0.6) is 0 Å². The molecule has 0 saturated carbocycles. The summed E-state index contributed by atoms with van der Waals surface area (Å²) in [6.07, 6.45) is 0. The summed E-state index contributed by atoms with van der Waals surface area (Å²) in [6.45, 7) is 6.50. The van der Waals surface area contributed by atoms with E-state index in [1.165, 1.54) is 21.0 Å². The zero-order valence-electron chi connectivity index (χ0n) is 12.2. The molecule has 4 heteroatoms. The lowest BCUT2D eigenvalue weighted by Crippen LogP contribution is -2.43. The van der Waals surface area contributed by atoms with Crippen LogP contribution >= 0.6 is 28.7 Å². The van der Waals surface area contributed by atoms with Crippen LogP contribution in [0.1, 0.15) is 5.56 Å². The molecule has 0 bridgehead atoms. The van der Waals surface area contributed by atoms with Gasteiger partial charge in [-0.1, -0.05) is 42.1 Å². The Morgan fingerprint density at radius 2 is 1.52 bits per heavy atom. The molecular formula is C17H21BrN2S. The van der Waals surface area contributed by atoms with Gasteiger partial charge in [0.1, 0.15) is 0 Å². The van der Waals surface area contributed by atoms with Gasteiger partial charge in [-0.15, -0.1) is 17.0 Å². The van der Waals surface area contributed by atoms with Crippen molar-refractivity contribution in [1.29, 1.82) is 0 Å². The van der Waals surface area contributed by atoms with E-state index in [2.05, 4.69) is 65.7 Å². The Morgan fingerprint density at radius 1 is 0.905 bits per heavy atom. The van der Waals surface area contributed by atoms with Crippen molar-refractivity contribution in [2.24, 2.45) is 0 Å². The standard InChI is InChI=1S/C17H20N2S.BrH/c1-14-6-2-4-8-16(14)20-17-9-5-3-7-15(17)19-12-10-18-11-13-19;/h2-9,18H,10-13H2,1H3;1H. The van der Waals surface area contributed by atoms with Crippen LogP contribution in [-0.2, 0) is 0 Å². The molecule has 0 aliphatic carbocycles. The molecule has 0 spiro atoms. The lowest BCUT2D eigenvalue weighted by Gasteiger charge is -2.31. The average molecular weight is 365 g/mol. The van der Waals surface area contributed by atoms with E-state index in [0.29, 0.717) is 0 Å². The summed E-state index contributed by atoms with van der Waals surface area (Å²) < 4.78 is 0. The Hall–Kier alpha value is -0.970. The zero-order chi connectivity index (χ0) is 13.8. The van der Waals surface area contributed by atoms with Crippen molar-refractivity contribution >= 4 is 34.4 Å². The number of para-hydroxylation sites is 1. The molecule has 1 fully saturated rings. The molecule has 0 aromatic heterocycles. The highest BCUT2D eigenvalue weighted by Crippen LogP contribution is 2.36. The average Bonchev–Trinajstić information content (AvgIpc) is 2.51. The zero-order valence-corrected chi connectivity index (χ0v) is 14.7. The fourth-order valence-electron chi connectivity index (χ4n) is 2.50. The van der Waals surface area contributed by atoms with Crippen LogP contribution in [0.15, 0.2) is 58.3 Å². The van der Waals surface area contributed by atoms with E-state index in [4.69, 9.17) is 0 Å². The van der Waals surface area contributed by atoms with Gasteiger partial charge in [0, 0.05) is 36.0 Å². The number of piperazine rings is 1. The number of benzene rings is 2. The second-order valence-electron chi connectivity index (χ2n) is 5.07. The van der Waals surface area contributed by atoms with E-state index >= 15 is 0 Å². The molecule has 112 valence electrons. The Labute approximate surface area is 141 Å². The highest BCUT2D eigenvalue weighted by Gasteiger charge is 2.14. The third-order valence-electron chi connectivity index (χ3n) is 3.64. The molecule has 1 aliphatic heterocycles. The molecule has 2 aromatic rings. The van der Waals surface area contributed by atoms with Gasteiger partial charge in [-0.05, 0) is 30.7 Å². The topological polar surface area (TPSA) is 15.3 Å². The van der Waals surface area contributed by atoms with Crippen LogP contribution in [0.25, 0.3) is 0 Å². The van der Waals surface area contributed by atoms with Crippen molar-refractivity contribution in [2.45, 2.75) is 16.7 Å². The maximum absolute atomic E-state index is 3.41. The smallest absolute Gasteiger partial charge is 0.0508 e. The maximum atomic E-state index is 3.41. The SMILES string of the molecule is Br.Cc1ccccc1Sc1ccccc1N1CCNCC1. The molecule has 1 N–H and O–H groups in total. The number of hydrogen-bond acceptors (Lipinski definition) is 3. The van der Waals surface area contributed by atoms with Crippen LogP contribution in [0, 0.1) is 6.92 Å². The van der Waals surface area contributed by atoms with Gasteiger partial charge in [-0.3, -0.25) is 0 Å². The molecule has 0 atom stereocenters. The van der Waals surface area contributed by atoms with E-state index in [9.17, 15) is 0 Å². The number of hydrogen-bond donors (Lipinski definition) is 1. The van der Waals surface area contributed by atoms with Crippen molar-refractivity contribution in [3.63, 3.8) is 0 Å². The minimum atomic E-state index is 0. The molecule has 0 amide bonds. The lowest BCUT2D eigenvalue weighted by molar-refractivity contribution is 0.587. The molecule has 2 nitrogen and oxygen atoms in total. The monoisotopic (exact) mass is 364 g/mol. The molecule has 3 rings (SSSR count). The Balaban J connectivity index is 0.00000161. The highest BCUT2D eigenvalue weighted by molar-refractivity contribution is 8.93. The number of anilines is 1. The summed E-state index contributed by atoms with van der Waals surface area (Å²) in [6, 6.07) is 17.3. The van der Waals surface area contributed by atoms with Crippen LogP contribution in [0.3, 0.4) is 0 Å². The molecule has 2 aromatic carbocycles. The van der Waals surface area contributed by atoms with E-state index < -0.39 is 0 Å². The second-order valence-corrected chi connectivity index (χ2v) is 6.16. The quantitative estimate of drug-likeness (QED) is 0.880. The van der Waals surface area contributed by atoms with E-state index in [1.54, 1.807) is 0 Å². The molecule has 0 unspecified atom stereocenters. The van der Waals surface area contributed by atoms with Gasteiger partial charge in [0.15, 0.2) is 0 Å². The third-order valence-corrected chi connectivity index (χ3v) is 4.88. The Kier molecular flexibility index (Phi) is 6.15. The minimum Gasteiger partial charge on any atom is -0.368 e. The van der Waals surface area contributed by atoms with Crippen molar-refractivity contribution in [3.8, 4) is 0 Å². The summed E-state index contributed by atoms with van der Waals surface area (Å²) in [7, 11) is 0. The second kappa shape index (κ2) is 7.87. The predicted octanol–water partition coefficient (Wildman–Crippen LogP) is 4.13. The van der Waals surface area contributed by atoms with Gasteiger partial charge in [-0.25, -0.2) is 0 Å². The summed E-state index contributed by atoms with van der Waals surface area (Å²) >= 11 is 1.87. The van der Waals surface area contributed by atoms with E-state index in [-0.39, 0.29) is 17.0 Å². The molecular weight excluding hydrogens is 344 g/mol. The minimum absolute atomic E-state index is 0. The van der Waals surface area contributed by atoms with E-state index in [1.807, 2.05) is 11.8 Å². The van der Waals surface area contributed by atoms with Crippen molar-refractivity contribution in [2.75, 3.05) is 31.1 Å². The van der Waals surface area contributed by atoms with Crippen molar-refractivity contribution in [1.82, 2.24) is 5.32 Å². The van der Waals surface area contributed by atoms with Gasteiger partial charge in [0.25, 0.3) is 0 Å². The van der Waals surface area contributed by atoms with Crippen LogP contribution in [0.2, 0.25) is 0 Å². The summed E-state index contributed by atoms with van der Waals surface area (Å²) in [5, 5.41) is 3.41.